The second-order valence-corrected chi connectivity index (χ2v) is 16.0. The van der Waals surface area contributed by atoms with Crippen molar-refractivity contribution in [3.63, 3.8) is 0 Å². The van der Waals surface area contributed by atoms with Gasteiger partial charge in [0.15, 0.2) is 11.4 Å². The molecule has 258 valence electrons. The van der Waals surface area contributed by atoms with Gasteiger partial charge in [-0.05, 0) is 58.7 Å². The molecule has 53 heavy (non-hydrogen) atoms. The van der Waals surface area contributed by atoms with E-state index in [2.05, 4.69) is 139 Å². The first kappa shape index (κ1) is 32.7. The van der Waals surface area contributed by atoms with Crippen LogP contribution in [0.15, 0.2) is 138 Å². The minimum absolute atomic E-state index is 0.0735. The summed E-state index contributed by atoms with van der Waals surface area (Å²) in [5, 5.41) is 3.17. The van der Waals surface area contributed by atoms with E-state index in [9.17, 15) is 0 Å². The van der Waals surface area contributed by atoms with Crippen LogP contribution in [-0.2, 0) is 10.8 Å². The summed E-state index contributed by atoms with van der Waals surface area (Å²) in [6, 6.07) is 46.5. The van der Waals surface area contributed by atoms with Gasteiger partial charge >= 0.3 is 0 Å². The van der Waals surface area contributed by atoms with Crippen LogP contribution in [0.25, 0.3) is 88.8 Å². The van der Waals surface area contributed by atoms with Crippen LogP contribution < -0.4 is 0 Å². The third-order valence-electron chi connectivity index (χ3n) is 10.1. The quantitative estimate of drug-likeness (QED) is 0.172. The summed E-state index contributed by atoms with van der Waals surface area (Å²) in [5.41, 5.74) is 13.3. The molecule has 4 aromatic heterocycles. The Morgan fingerprint density at radius 1 is 0.434 bits per heavy atom. The van der Waals surface area contributed by atoms with Gasteiger partial charge in [-0.15, -0.1) is 0 Å². The number of hydrogen-bond acceptors (Lipinski definition) is 5. The third-order valence-corrected chi connectivity index (χ3v) is 10.1. The maximum atomic E-state index is 6.35. The molecule has 4 heterocycles. The average Bonchev–Trinajstić information content (AvgIpc) is 3.55. The van der Waals surface area contributed by atoms with E-state index in [0.29, 0.717) is 11.4 Å². The summed E-state index contributed by atoms with van der Waals surface area (Å²) in [6.45, 7) is 13.3. The molecule has 0 N–H and O–H groups in total. The summed E-state index contributed by atoms with van der Waals surface area (Å²) >= 11 is 0. The van der Waals surface area contributed by atoms with Crippen molar-refractivity contribution in [3.05, 3.63) is 145 Å². The minimum Gasteiger partial charge on any atom is -0.452 e. The van der Waals surface area contributed by atoms with Crippen LogP contribution in [0.2, 0.25) is 0 Å². The molecule has 0 amide bonds. The molecule has 5 nitrogen and oxygen atoms in total. The minimum atomic E-state index is -0.154. The molecule has 9 rings (SSSR count). The van der Waals surface area contributed by atoms with Crippen LogP contribution in [-0.4, -0.2) is 19.9 Å². The van der Waals surface area contributed by atoms with Crippen molar-refractivity contribution in [1.29, 1.82) is 0 Å². The first-order valence-electron chi connectivity index (χ1n) is 18.2. The third kappa shape index (κ3) is 5.83. The molecule has 9 aromatic rings. The first-order valence-corrected chi connectivity index (χ1v) is 18.2. The molecule has 0 aliphatic rings. The van der Waals surface area contributed by atoms with Gasteiger partial charge in [0.1, 0.15) is 16.8 Å². The summed E-state index contributed by atoms with van der Waals surface area (Å²) in [6.07, 6.45) is 0. The van der Waals surface area contributed by atoms with Gasteiger partial charge in [0, 0.05) is 49.5 Å². The molecule has 0 bridgehead atoms. The Hall–Kier alpha value is -6.20. The predicted octanol–water partition coefficient (Wildman–Crippen LogP) is 12.7. The zero-order valence-electron chi connectivity index (χ0n) is 30.9. The van der Waals surface area contributed by atoms with E-state index in [-0.39, 0.29) is 10.8 Å². The number of fused-ring (bicyclic) bond motifs is 6. The van der Waals surface area contributed by atoms with Gasteiger partial charge in [-0.1, -0.05) is 139 Å². The molecule has 0 aliphatic heterocycles. The highest BCUT2D eigenvalue weighted by atomic mass is 16.3. The van der Waals surface area contributed by atoms with Crippen LogP contribution in [0.1, 0.15) is 52.9 Å². The van der Waals surface area contributed by atoms with E-state index in [1.54, 1.807) is 0 Å². The normalized spacial score (nSPS) is 12.3. The second kappa shape index (κ2) is 12.2. The van der Waals surface area contributed by atoms with E-state index in [4.69, 9.17) is 24.4 Å². The monoisotopic (exact) mass is 688 g/mol. The number of furan rings is 1. The Bertz CT molecular complexity index is 2860. The standard InChI is InChI=1S/C48H40N4O/c1-47(2,3)39-25-23-30-22-24-35-37(28-40(48(4,5)6)50-43(35)41(30)49-39)33-18-12-16-31(26-33)32-17-13-19-34(27-32)46-51-42(29-14-8-7-9-15-29)45-44(52-46)36-20-10-11-21-38(36)53-45/h7-28H,1-6H3. The van der Waals surface area contributed by atoms with Crippen molar-refractivity contribution in [2.75, 3.05) is 0 Å². The highest BCUT2D eigenvalue weighted by Crippen LogP contribution is 2.39. The molecular weight excluding hydrogens is 649 g/mol. The van der Waals surface area contributed by atoms with E-state index in [0.717, 1.165) is 88.8 Å². The zero-order valence-corrected chi connectivity index (χ0v) is 30.9. The summed E-state index contributed by atoms with van der Waals surface area (Å²) in [4.78, 5) is 20.8. The molecule has 5 heteroatoms. The summed E-state index contributed by atoms with van der Waals surface area (Å²) in [5.74, 6) is 0.657. The molecular formula is C48H40N4O. The zero-order chi connectivity index (χ0) is 36.5. The fourth-order valence-electron chi connectivity index (χ4n) is 7.13. The molecule has 0 saturated carbocycles. The molecule has 0 spiro atoms. The lowest BCUT2D eigenvalue weighted by molar-refractivity contribution is 0.570. The van der Waals surface area contributed by atoms with Gasteiger partial charge in [0.25, 0.3) is 0 Å². The maximum absolute atomic E-state index is 6.35. The van der Waals surface area contributed by atoms with Crippen LogP contribution in [0.3, 0.4) is 0 Å². The number of rotatable bonds is 4. The van der Waals surface area contributed by atoms with Crippen molar-refractivity contribution in [3.8, 4) is 44.9 Å². The molecule has 0 aliphatic carbocycles. The number of benzene rings is 5. The molecule has 5 aromatic carbocycles. The van der Waals surface area contributed by atoms with Crippen molar-refractivity contribution in [2.24, 2.45) is 0 Å². The van der Waals surface area contributed by atoms with Crippen molar-refractivity contribution in [1.82, 2.24) is 19.9 Å². The fraction of sp³-hybridized carbons (Fsp3) is 0.167. The lowest BCUT2D eigenvalue weighted by atomic mass is 9.87. The van der Waals surface area contributed by atoms with Crippen LogP contribution in [0, 0.1) is 0 Å². The van der Waals surface area contributed by atoms with E-state index in [1.807, 2.05) is 36.4 Å². The van der Waals surface area contributed by atoms with Gasteiger partial charge in [-0.25, -0.2) is 19.9 Å². The van der Waals surface area contributed by atoms with E-state index < -0.39 is 0 Å². The Balaban J connectivity index is 1.19. The average molecular weight is 689 g/mol. The van der Waals surface area contributed by atoms with Crippen molar-refractivity contribution in [2.45, 2.75) is 52.4 Å². The lowest BCUT2D eigenvalue weighted by Crippen LogP contribution is -2.15. The molecule has 0 radical (unpaired) electrons. The summed E-state index contributed by atoms with van der Waals surface area (Å²) in [7, 11) is 0. The molecule has 0 atom stereocenters. The van der Waals surface area contributed by atoms with Gasteiger partial charge in [0.05, 0.1) is 11.0 Å². The molecule has 0 fully saturated rings. The SMILES string of the molecule is CC(C)(C)c1ccc2ccc3c(-c4cccc(-c5cccc(-c6nc(-c7ccccc7)c7oc8ccccc8c7n6)c5)c4)cc(C(C)(C)C)nc3c2n1. The van der Waals surface area contributed by atoms with Crippen LogP contribution >= 0.6 is 0 Å². The highest BCUT2D eigenvalue weighted by molar-refractivity contribution is 6.09. The van der Waals surface area contributed by atoms with Gasteiger partial charge in [0.2, 0.25) is 0 Å². The Morgan fingerprint density at radius 2 is 1.06 bits per heavy atom. The van der Waals surface area contributed by atoms with Gasteiger partial charge in [-0.3, -0.25) is 0 Å². The van der Waals surface area contributed by atoms with E-state index in [1.165, 1.54) is 0 Å². The Kier molecular flexibility index (Phi) is 7.53. The second-order valence-electron chi connectivity index (χ2n) is 16.0. The first-order chi connectivity index (χ1) is 25.5. The molecule has 0 unspecified atom stereocenters. The lowest BCUT2D eigenvalue weighted by Gasteiger charge is -2.22. The highest BCUT2D eigenvalue weighted by Gasteiger charge is 2.23. The predicted molar refractivity (Wildman–Crippen MR) is 219 cm³/mol. The Labute approximate surface area is 309 Å². The Morgan fingerprint density at radius 3 is 1.81 bits per heavy atom. The summed E-state index contributed by atoms with van der Waals surface area (Å²) < 4.78 is 6.35. The number of aromatic nitrogens is 4. The number of hydrogen-bond donors (Lipinski definition) is 0. The van der Waals surface area contributed by atoms with Crippen LogP contribution in [0.5, 0.6) is 0 Å². The topological polar surface area (TPSA) is 64.7 Å². The number of pyridine rings is 2. The fourth-order valence-corrected chi connectivity index (χ4v) is 7.13. The van der Waals surface area contributed by atoms with Gasteiger partial charge < -0.3 is 4.42 Å². The number of nitrogens with zero attached hydrogens (tertiary/aromatic N) is 4. The largest absolute Gasteiger partial charge is 0.452 e. The smallest absolute Gasteiger partial charge is 0.180 e. The molecule has 0 saturated heterocycles. The van der Waals surface area contributed by atoms with Crippen molar-refractivity contribution < 1.29 is 4.42 Å². The number of para-hydroxylation sites is 1. The van der Waals surface area contributed by atoms with E-state index >= 15 is 0 Å². The maximum Gasteiger partial charge on any atom is 0.180 e. The van der Waals surface area contributed by atoms with Crippen LogP contribution in [0.4, 0.5) is 0 Å². The van der Waals surface area contributed by atoms with Gasteiger partial charge in [-0.2, -0.15) is 0 Å². The van der Waals surface area contributed by atoms with Crippen molar-refractivity contribution >= 4 is 43.9 Å².